The van der Waals surface area contributed by atoms with Gasteiger partial charge in [-0.15, -0.1) is 0 Å². The fourth-order valence-electron chi connectivity index (χ4n) is 3.12. The van der Waals surface area contributed by atoms with Crippen LogP contribution in [0.1, 0.15) is 18.5 Å². The van der Waals surface area contributed by atoms with Gasteiger partial charge in [0.05, 0.1) is 6.20 Å². The highest BCUT2D eigenvalue weighted by atomic mass is 19.4. The Hall–Kier alpha value is -2.91. The highest BCUT2D eigenvalue weighted by molar-refractivity contribution is 5.68. The van der Waals surface area contributed by atoms with Gasteiger partial charge in [0.2, 0.25) is 0 Å². The van der Waals surface area contributed by atoms with Crippen molar-refractivity contribution in [3.8, 4) is 0 Å². The zero-order chi connectivity index (χ0) is 18.1. The molecule has 0 saturated carbocycles. The molecule has 0 aliphatic carbocycles. The maximum atomic E-state index is 12.7. The summed E-state index contributed by atoms with van der Waals surface area (Å²) in [4.78, 5) is 13.8. The predicted molar refractivity (Wildman–Crippen MR) is 88.9 cm³/mol. The van der Waals surface area contributed by atoms with Crippen molar-refractivity contribution in [1.82, 2.24) is 24.6 Å². The van der Waals surface area contributed by atoms with Gasteiger partial charge in [0.15, 0.2) is 5.82 Å². The molecule has 4 rings (SSSR count). The minimum atomic E-state index is -4.47. The SMILES string of the molecule is FC(F)(F)c1cc(NC2CCN(c3nccn4nccc34)CC2)ncn1. The predicted octanol–water partition coefficient (Wildman–Crippen LogP) is 2.62. The van der Waals surface area contributed by atoms with Gasteiger partial charge in [0, 0.05) is 37.6 Å². The molecule has 0 bridgehead atoms. The molecule has 1 saturated heterocycles. The smallest absolute Gasteiger partial charge is 0.367 e. The molecule has 1 aliphatic heterocycles. The Kier molecular flexibility index (Phi) is 4.09. The molecule has 0 spiro atoms. The maximum Gasteiger partial charge on any atom is 0.433 e. The zero-order valence-electron chi connectivity index (χ0n) is 13.7. The van der Waals surface area contributed by atoms with Crippen LogP contribution in [0.5, 0.6) is 0 Å². The minimum Gasteiger partial charge on any atom is -0.367 e. The van der Waals surface area contributed by atoms with Crippen molar-refractivity contribution in [3.63, 3.8) is 0 Å². The van der Waals surface area contributed by atoms with Gasteiger partial charge in [-0.2, -0.15) is 18.3 Å². The van der Waals surface area contributed by atoms with E-state index in [0.717, 1.165) is 49.7 Å². The molecule has 26 heavy (non-hydrogen) atoms. The summed E-state index contributed by atoms with van der Waals surface area (Å²) in [6, 6.07) is 2.90. The molecule has 1 aliphatic rings. The van der Waals surface area contributed by atoms with Crippen LogP contribution in [0.4, 0.5) is 24.8 Å². The fraction of sp³-hybridized carbons (Fsp3) is 0.375. The van der Waals surface area contributed by atoms with Gasteiger partial charge >= 0.3 is 6.18 Å². The first-order valence-electron chi connectivity index (χ1n) is 8.20. The number of alkyl halides is 3. The molecule has 1 N–H and O–H groups in total. The highest BCUT2D eigenvalue weighted by Crippen LogP contribution is 2.29. The summed E-state index contributed by atoms with van der Waals surface area (Å²) in [7, 11) is 0. The van der Waals surface area contributed by atoms with Gasteiger partial charge in [-0.25, -0.2) is 19.5 Å². The number of anilines is 2. The zero-order valence-corrected chi connectivity index (χ0v) is 13.7. The van der Waals surface area contributed by atoms with Gasteiger partial charge in [0.1, 0.15) is 23.4 Å². The van der Waals surface area contributed by atoms with E-state index < -0.39 is 11.9 Å². The number of hydrogen-bond donors (Lipinski definition) is 1. The van der Waals surface area contributed by atoms with Crippen LogP contribution in [0, 0.1) is 0 Å². The van der Waals surface area contributed by atoms with Crippen LogP contribution in [-0.2, 0) is 6.18 Å². The average molecular weight is 363 g/mol. The number of rotatable bonds is 3. The van der Waals surface area contributed by atoms with Crippen molar-refractivity contribution >= 4 is 17.2 Å². The molecule has 0 radical (unpaired) electrons. The van der Waals surface area contributed by atoms with Gasteiger partial charge in [0.25, 0.3) is 0 Å². The van der Waals surface area contributed by atoms with Crippen LogP contribution in [0.25, 0.3) is 5.52 Å². The Labute approximate surface area is 146 Å². The Morgan fingerprint density at radius 3 is 2.65 bits per heavy atom. The number of nitrogens with zero attached hydrogens (tertiary/aromatic N) is 6. The highest BCUT2D eigenvalue weighted by Gasteiger charge is 2.33. The first-order valence-corrected chi connectivity index (χ1v) is 8.20. The number of piperidine rings is 1. The minimum absolute atomic E-state index is 0.0480. The van der Waals surface area contributed by atoms with Crippen molar-refractivity contribution < 1.29 is 13.2 Å². The van der Waals surface area contributed by atoms with Crippen LogP contribution in [0.3, 0.4) is 0 Å². The van der Waals surface area contributed by atoms with Crippen molar-refractivity contribution in [2.75, 3.05) is 23.3 Å². The third-order valence-electron chi connectivity index (χ3n) is 4.41. The Morgan fingerprint density at radius 1 is 1.08 bits per heavy atom. The summed E-state index contributed by atoms with van der Waals surface area (Å²) in [5.74, 6) is 1.06. The molecule has 10 heteroatoms. The van der Waals surface area contributed by atoms with Gasteiger partial charge in [-0.3, -0.25) is 0 Å². The van der Waals surface area contributed by atoms with Crippen molar-refractivity contribution in [3.05, 3.63) is 42.7 Å². The number of halogens is 3. The Morgan fingerprint density at radius 2 is 1.88 bits per heavy atom. The van der Waals surface area contributed by atoms with E-state index in [1.165, 1.54) is 0 Å². The second-order valence-electron chi connectivity index (χ2n) is 6.10. The van der Waals surface area contributed by atoms with E-state index in [9.17, 15) is 13.2 Å². The van der Waals surface area contributed by atoms with Crippen LogP contribution >= 0.6 is 0 Å². The number of aromatic nitrogens is 5. The summed E-state index contributed by atoms with van der Waals surface area (Å²) >= 11 is 0. The molecule has 136 valence electrons. The topological polar surface area (TPSA) is 71.2 Å². The monoisotopic (exact) mass is 363 g/mol. The molecule has 7 nitrogen and oxygen atoms in total. The molecule has 3 aromatic heterocycles. The standard InChI is InChI=1S/C16H16F3N7/c17-16(18,19)13-9-14(22-10-21-13)24-11-2-6-25(7-3-11)15-12-1-4-23-26(12)8-5-20-15/h1,4-5,8-11H,2-3,6-7H2,(H,21,22,24). The number of hydrogen-bond acceptors (Lipinski definition) is 6. The van der Waals surface area contributed by atoms with Crippen LogP contribution in [-0.4, -0.2) is 43.7 Å². The largest absolute Gasteiger partial charge is 0.433 e. The van der Waals surface area contributed by atoms with Crippen molar-refractivity contribution in [2.45, 2.75) is 25.1 Å². The number of fused-ring (bicyclic) bond motifs is 1. The summed E-state index contributed by atoms with van der Waals surface area (Å²) < 4.78 is 40.0. The molecular weight excluding hydrogens is 347 g/mol. The van der Waals surface area contributed by atoms with Gasteiger partial charge < -0.3 is 10.2 Å². The van der Waals surface area contributed by atoms with E-state index in [0.29, 0.717) is 0 Å². The van der Waals surface area contributed by atoms with Crippen molar-refractivity contribution in [1.29, 1.82) is 0 Å². The lowest BCUT2D eigenvalue weighted by atomic mass is 10.0. The molecule has 0 aromatic carbocycles. The third-order valence-corrected chi connectivity index (χ3v) is 4.41. The summed E-state index contributed by atoms with van der Waals surface area (Å²) in [6.45, 7) is 1.49. The molecule has 0 unspecified atom stereocenters. The molecule has 0 atom stereocenters. The summed E-state index contributed by atoms with van der Waals surface area (Å²) in [6.07, 6.45) is 3.22. The van der Waals surface area contributed by atoms with Gasteiger partial charge in [-0.1, -0.05) is 0 Å². The lowest BCUT2D eigenvalue weighted by Gasteiger charge is -2.33. The first kappa shape index (κ1) is 16.6. The van der Waals surface area contributed by atoms with Crippen molar-refractivity contribution in [2.24, 2.45) is 0 Å². The summed E-state index contributed by atoms with van der Waals surface area (Å²) in [5.41, 5.74) is -0.00595. The van der Waals surface area contributed by atoms with Crippen LogP contribution < -0.4 is 10.2 Å². The molecule has 4 heterocycles. The van der Waals surface area contributed by atoms with Crippen LogP contribution in [0.15, 0.2) is 37.1 Å². The maximum absolute atomic E-state index is 12.7. The molecule has 0 amide bonds. The lowest BCUT2D eigenvalue weighted by molar-refractivity contribution is -0.141. The van der Waals surface area contributed by atoms with E-state index in [-0.39, 0.29) is 11.9 Å². The van der Waals surface area contributed by atoms with Crippen LogP contribution in [0.2, 0.25) is 0 Å². The summed E-state index contributed by atoms with van der Waals surface area (Å²) in [5, 5.41) is 7.29. The quantitative estimate of drug-likeness (QED) is 0.771. The van der Waals surface area contributed by atoms with E-state index in [4.69, 9.17) is 0 Å². The van der Waals surface area contributed by atoms with E-state index in [2.05, 4.69) is 30.3 Å². The van der Waals surface area contributed by atoms with E-state index in [1.807, 2.05) is 6.07 Å². The second kappa shape index (κ2) is 6.43. The van der Waals surface area contributed by atoms with Gasteiger partial charge in [-0.05, 0) is 18.9 Å². The normalized spacial score (nSPS) is 16.2. The first-order chi connectivity index (χ1) is 12.5. The Balaban J connectivity index is 1.42. The number of nitrogens with one attached hydrogen (secondary N) is 1. The second-order valence-corrected chi connectivity index (χ2v) is 6.10. The molecule has 1 fully saturated rings. The lowest BCUT2D eigenvalue weighted by Crippen LogP contribution is -2.39. The average Bonchev–Trinajstić information content (AvgIpc) is 3.11. The molecular formula is C16H16F3N7. The van der Waals surface area contributed by atoms with E-state index in [1.54, 1.807) is 23.1 Å². The molecule has 3 aromatic rings. The fourth-order valence-corrected chi connectivity index (χ4v) is 3.12. The Bertz CT molecular complexity index is 900. The van der Waals surface area contributed by atoms with E-state index >= 15 is 0 Å². The third kappa shape index (κ3) is 3.26.